The molecule has 0 bridgehead atoms. The van der Waals surface area contributed by atoms with E-state index in [2.05, 4.69) is 0 Å². The summed E-state index contributed by atoms with van der Waals surface area (Å²) >= 11 is 0. The van der Waals surface area contributed by atoms with Gasteiger partial charge in [-0.25, -0.2) is 4.79 Å². The van der Waals surface area contributed by atoms with Gasteiger partial charge in [0.2, 0.25) is 0 Å². The molecule has 1 aromatic rings. The van der Waals surface area contributed by atoms with Crippen LogP contribution in [-0.2, 0) is 25.4 Å². The molecule has 0 aliphatic rings. The predicted molar refractivity (Wildman–Crippen MR) is 74.1 cm³/mol. The molecular formula is C14H18O8. The Balaban J connectivity index is 3.36. The minimum Gasteiger partial charge on any atom is -0.481 e. The summed E-state index contributed by atoms with van der Waals surface area (Å²) in [5.74, 6) is -1.51. The molecule has 0 atom stereocenters. The lowest BCUT2D eigenvalue weighted by Crippen LogP contribution is -2.15. The maximum atomic E-state index is 12.0. The standard InChI is InChI=1S/C14H18O8/c1-18-7-21-10-4-5-11(22-8-19-2)13(14(17)20-3)9(10)6-12(15)16/h4-5H,6-8H2,1-3H3,(H,15,16). The zero-order valence-electron chi connectivity index (χ0n) is 12.6. The van der Waals surface area contributed by atoms with Gasteiger partial charge < -0.3 is 28.8 Å². The number of esters is 1. The monoisotopic (exact) mass is 314 g/mol. The van der Waals surface area contributed by atoms with Crippen LogP contribution in [0.25, 0.3) is 0 Å². The molecule has 22 heavy (non-hydrogen) atoms. The molecule has 0 saturated carbocycles. The molecule has 0 unspecified atom stereocenters. The van der Waals surface area contributed by atoms with Crippen LogP contribution in [0.15, 0.2) is 12.1 Å². The van der Waals surface area contributed by atoms with Crippen LogP contribution in [0.1, 0.15) is 15.9 Å². The maximum absolute atomic E-state index is 12.0. The van der Waals surface area contributed by atoms with Crippen molar-refractivity contribution in [2.45, 2.75) is 6.42 Å². The average Bonchev–Trinajstić information content (AvgIpc) is 2.50. The van der Waals surface area contributed by atoms with Crippen molar-refractivity contribution in [3.63, 3.8) is 0 Å². The number of rotatable bonds is 9. The lowest BCUT2D eigenvalue weighted by atomic mass is 10.0. The van der Waals surface area contributed by atoms with Crippen LogP contribution < -0.4 is 9.47 Å². The fraction of sp³-hybridized carbons (Fsp3) is 0.429. The number of carbonyl (C=O) groups excluding carboxylic acids is 1. The number of aliphatic carboxylic acids is 1. The largest absolute Gasteiger partial charge is 0.481 e. The first-order valence-electron chi connectivity index (χ1n) is 6.24. The maximum Gasteiger partial charge on any atom is 0.342 e. The van der Waals surface area contributed by atoms with Crippen molar-refractivity contribution in [3.05, 3.63) is 23.3 Å². The summed E-state index contributed by atoms with van der Waals surface area (Å²) in [6.07, 6.45) is -0.437. The summed E-state index contributed by atoms with van der Waals surface area (Å²) in [6.45, 7) is -0.194. The summed E-state index contributed by atoms with van der Waals surface area (Å²) < 4.78 is 24.9. The molecule has 0 fully saturated rings. The first kappa shape index (κ1) is 17.7. The van der Waals surface area contributed by atoms with Crippen LogP contribution in [0.2, 0.25) is 0 Å². The highest BCUT2D eigenvalue weighted by molar-refractivity contribution is 5.96. The van der Waals surface area contributed by atoms with Gasteiger partial charge in [0.15, 0.2) is 13.6 Å². The second kappa shape index (κ2) is 8.85. The Morgan fingerprint density at radius 2 is 1.55 bits per heavy atom. The van der Waals surface area contributed by atoms with Gasteiger partial charge in [-0.15, -0.1) is 0 Å². The van der Waals surface area contributed by atoms with Gasteiger partial charge in [0.25, 0.3) is 0 Å². The first-order chi connectivity index (χ1) is 10.5. The number of carboxylic acid groups (broad SMARTS) is 1. The Bertz CT molecular complexity index is 526. The lowest BCUT2D eigenvalue weighted by Gasteiger charge is -2.16. The Kier molecular flexibility index (Phi) is 7.14. The molecule has 0 spiro atoms. The smallest absolute Gasteiger partial charge is 0.342 e. The SMILES string of the molecule is COCOc1ccc(OCOC)c(C(=O)OC)c1CC(=O)O. The molecule has 0 aliphatic carbocycles. The molecule has 1 aromatic carbocycles. The van der Waals surface area contributed by atoms with Gasteiger partial charge in [0.1, 0.15) is 17.1 Å². The van der Waals surface area contributed by atoms with Crippen molar-refractivity contribution in [3.8, 4) is 11.5 Å². The van der Waals surface area contributed by atoms with Crippen molar-refractivity contribution < 1.29 is 38.4 Å². The highest BCUT2D eigenvalue weighted by Crippen LogP contribution is 2.32. The van der Waals surface area contributed by atoms with Gasteiger partial charge in [-0.05, 0) is 12.1 Å². The minimum atomic E-state index is -1.13. The molecule has 122 valence electrons. The van der Waals surface area contributed by atoms with Crippen LogP contribution in [0.5, 0.6) is 11.5 Å². The van der Waals surface area contributed by atoms with E-state index in [1.54, 1.807) is 0 Å². The molecule has 0 aliphatic heterocycles. The number of hydrogen-bond acceptors (Lipinski definition) is 7. The Labute approximate surface area is 127 Å². The van der Waals surface area contributed by atoms with Gasteiger partial charge >= 0.3 is 11.9 Å². The van der Waals surface area contributed by atoms with E-state index in [9.17, 15) is 9.59 Å². The topological polar surface area (TPSA) is 101 Å². The van der Waals surface area contributed by atoms with E-state index >= 15 is 0 Å². The minimum absolute atomic E-state index is 0.0180. The third-order valence-corrected chi connectivity index (χ3v) is 2.61. The van der Waals surface area contributed by atoms with Crippen molar-refractivity contribution in [1.82, 2.24) is 0 Å². The van der Waals surface area contributed by atoms with E-state index in [0.717, 1.165) is 0 Å². The van der Waals surface area contributed by atoms with Crippen LogP contribution in [0.4, 0.5) is 0 Å². The van der Waals surface area contributed by atoms with Crippen LogP contribution in [0, 0.1) is 0 Å². The molecule has 0 heterocycles. The molecule has 0 aromatic heterocycles. The zero-order valence-corrected chi connectivity index (χ0v) is 12.6. The molecule has 0 radical (unpaired) electrons. The van der Waals surface area contributed by atoms with Crippen molar-refractivity contribution >= 4 is 11.9 Å². The normalized spacial score (nSPS) is 10.1. The molecule has 1 rings (SSSR count). The third-order valence-electron chi connectivity index (χ3n) is 2.61. The number of ether oxygens (including phenoxy) is 5. The molecule has 0 saturated heterocycles. The van der Waals surface area contributed by atoms with Gasteiger partial charge in [-0.2, -0.15) is 0 Å². The van der Waals surface area contributed by atoms with E-state index in [-0.39, 0.29) is 36.2 Å². The Hall–Kier alpha value is -2.32. The number of carbonyl (C=O) groups is 2. The zero-order chi connectivity index (χ0) is 16.5. The number of carboxylic acids is 1. The van der Waals surface area contributed by atoms with Gasteiger partial charge in [-0.1, -0.05) is 0 Å². The van der Waals surface area contributed by atoms with E-state index in [0.29, 0.717) is 0 Å². The highest BCUT2D eigenvalue weighted by Gasteiger charge is 2.24. The fourth-order valence-corrected chi connectivity index (χ4v) is 1.76. The van der Waals surface area contributed by atoms with Crippen LogP contribution >= 0.6 is 0 Å². The summed E-state index contributed by atoms with van der Waals surface area (Å²) in [6, 6.07) is 2.97. The third kappa shape index (κ3) is 4.61. The summed E-state index contributed by atoms with van der Waals surface area (Å²) in [4.78, 5) is 23.1. The summed E-state index contributed by atoms with van der Waals surface area (Å²) in [5, 5.41) is 9.06. The van der Waals surface area contributed by atoms with Crippen LogP contribution in [-0.4, -0.2) is 52.0 Å². The van der Waals surface area contributed by atoms with Gasteiger partial charge in [0.05, 0.1) is 13.5 Å². The quantitative estimate of drug-likeness (QED) is 0.533. The van der Waals surface area contributed by atoms with E-state index in [1.165, 1.54) is 33.5 Å². The Morgan fingerprint density at radius 1 is 1.00 bits per heavy atom. The number of methoxy groups -OCH3 is 3. The van der Waals surface area contributed by atoms with Gasteiger partial charge in [-0.3, -0.25) is 4.79 Å². The second-order valence-corrected chi connectivity index (χ2v) is 4.08. The molecule has 1 N–H and O–H groups in total. The van der Waals surface area contributed by atoms with Gasteiger partial charge in [0, 0.05) is 19.8 Å². The van der Waals surface area contributed by atoms with Crippen LogP contribution in [0.3, 0.4) is 0 Å². The highest BCUT2D eigenvalue weighted by atomic mass is 16.7. The van der Waals surface area contributed by atoms with Crippen molar-refractivity contribution in [2.75, 3.05) is 34.9 Å². The molecule has 0 amide bonds. The second-order valence-electron chi connectivity index (χ2n) is 4.08. The van der Waals surface area contributed by atoms with Crippen molar-refractivity contribution in [1.29, 1.82) is 0 Å². The Morgan fingerprint density at radius 3 is 2.05 bits per heavy atom. The summed E-state index contributed by atoms with van der Waals surface area (Å²) in [5.41, 5.74) is 0.126. The lowest BCUT2D eigenvalue weighted by molar-refractivity contribution is -0.136. The molecule has 8 nitrogen and oxygen atoms in total. The van der Waals surface area contributed by atoms with E-state index in [1.807, 2.05) is 0 Å². The fourth-order valence-electron chi connectivity index (χ4n) is 1.76. The molecule has 8 heteroatoms. The average molecular weight is 314 g/mol. The summed E-state index contributed by atoms with van der Waals surface area (Å²) in [7, 11) is 4.04. The predicted octanol–water partition coefficient (Wildman–Crippen LogP) is 1.07. The number of benzene rings is 1. The van der Waals surface area contributed by atoms with E-state index < -0.39 is 18.4 Å². The van der Waals surface area contributed by atoms with E-state index in [4.69, 9.17) is 28.8 Å². The van der Waals surface area contributed by atoms with Crippen molar-refractivity contribution in [2.24, 2.45) is 0 Å². The first-order valence-corrected chi connectivity index (χ1v) is 6.24. The molecular weight excluding hydrogens is 296 g/mol. The number of hydrogen-bond donors (Lipinski definition) is 1.